The summed E-state index contributed by atoms with van der Waals surface area (Å²) in [6.07, 6.45) is 1.74. The second kappa shape index (κ2) is 6.04. The van der Waals surface area contributed by atoms with Crippen molar-refractivity contribution in [3.8, 4) is 5.88 Å². The van der Waals surface area contributed by atoms with Crippen molar-refractivity contribution in [3.05, 3.63) is 47.2 Å². The average molecular weight is 313 g/mol. The van der Waals surface area contributed by atoms with Crippen molar-refractivity contribution < 1.29 is 14.3 Å². The number of benzene rings is 1. The Morgan fingerprint density at radius 3 is 3.09 bits per heavy atom. The predicted molar refractivity (Wildman–Crippen MR) is 83.4 cm³/mol. The zero-order valence-electron chi connectivity index (χ0n) is 12.8. The Labute approximate surface area is 134 Å². The summed E-state index contributed by atoms with van der Waals surface area (Å²) in [7, 11) is 0. The fourth-order valence-corrected chi connectivity index (χ4v) is 3.02. The number of carbonyl (C=O) groups excluding carboxylic acids is 1. The van der Waals surface area contributed by atoms with E-state index in [1.54, 1.807) is 10.7 Å². The molecule has 120 valence electrons. The Morgan fingerprint density at radius 2 is 2.22 bits per heavy atom. The number of hydrogen-bond donors (Lipinski definition) is 1. The SMILES string of the molecule is O=C(NC[C@@H]1Cc2ccccc2CO1)c1cc2n(n1)CCCO2. The zero-order valence-corrected chi connectivity index (χ0v) is 12.8. The van der Waals surface area contributed by atoms with Gasteiger partial charge in [-0.25, -0.2) is 4.68 Å². The van der Waals surface area contributed by atoms with E-state index in [0.29, 0.717) is 31.3 Å². The molecule has 1 atom stereocenters. The molecule has 4 rings (SSSR count). The second-order valence-electron chi connectivity index (χ2n) is 5.91. The quantitative estimate of drug-likeness (QED) is 0.933. The standard InChI is InChI=1S/C17H19N3O3/c21-17(15-9-16-20(19-15)6-3-7-22-16)18-10-14-8-12-4-1-2-5-13(12)11-23-14/h1-2,4-5,9,14H,3,6-8,10-11H2,(H,18,21)/t14-/m0/s1. The number of rotatable bonds is 3. The fourth-order valence-electron chi connectivity index (χ4n) is 3.02. The van der Waals surface area contributed by atoms with Gasteiger partial charge < -0.3 is 14.8 Å². The van der Waals surface area contributed by atoms with Crippen LogP contribution in [0.2, 0.25) is 0 Å². The molecule has 6 heteroatoms. The van der Waals surface area contributed by atoms with Crippen molar-refractivity contribution in [1.29, 1.82) is 0 Å². The lowest BCUT2D eigenvalue weighted by Crippen LogP contribution is -2.37. The molecule has 0 aliphatic carbocycles. The van der Waals surface area contributed by atoms with Gasteiger partial charge in [-0.15, -0.1) is 0 Å². The largest absolute Gasteiger partial charge is 0.478 e. The summed E-state index contributed by atoms with van der Waals surface area (Å²) >= 11 is 0. The molecule has 0 bridgehead atoms. The van der Waals surface area contributed by atoms with Crippen LogP contribution in [-0.4, -0.2) is 34.9 Å². The van der Waals surface area contributed by atoms with Crippen molar-refractivity contribution in [3.63, 3.8) is 0 Å². The monoisotopic (exact) mass is 313 g/mol. The lowest BCUT2D eigenvalue weighted by molar-refractivity contribution is 0.0284. The third-order valence-corrected chi connectivity index (χ3v) is 4.27. The highest BCUT2D eigenvalue weighted by molar-refractivity contribution is 5.92. The molecule has 1 aromatic carbocycles. The maximum atomic E-state index is 12.3. The molecule has 1 aromatic heterocycles. The Hall–Kier alpha value is -2.34. The topological polar surface area (TPSA) is 65.4 Å². The number of amides is 1. The van der Waals surface area contributed by atoms with E-state index in [-0.39, 0.29) is 12.0 Å². The van der Waals surface area contributed by atoms with E-state index in [1.807, 2.05) is 12.1 Å². The van der Waals surface area contributed by atoms with Crippen LogP contribution < -0.4 is 10.1 Å². The van der Waals surface area contributed by atoms with Gasteiger partial charge in [-0.1, -0.05) is 24.3 Å². The number of carbonyl (C=O) groups is 1. The van der Waals surface area contributed by atoms with Gasteiger partial charge in [0.05, 0.1) is 19.3 Å². The molecule has 0 saturated carbocycles. The van der Waals surface area contributed by atoms with Crippen LogP contribution in [-0.2, 0) is 24.3 Å². The summed E-state index contributed by atoms with van der Waals surface area (Å²) < 4.78 is 13.0. The van der Waals surface area contributed by atoms with E-state index >= 15 is 0 Å². The number of aromatic nitrogens is 2. The highest BCUT2D eigenvalue weighted by atomic mass is 16.5. The van der Waals surface area contributed by atoms with E-state index in [4.69, 9.17) is 9.47 Å². The van der Waals surface area contributed by atoms with Gasteiger partial charge in [0, 0.05) is 32.0 Å². The highest BCUT2D eigenvalue weighted by Gasteiger charge is 2.21. The first-order valence-electron chi connectivity index (χ1n) is 7.97. The number of aryl methyl sites for hydroxylation is 1. The summed E-state index contributed by atoms with van der Waals surface area (Å²) in [5.41, 5.74) is 2.93. The molecule has 0 spiro atoms. The van der Waals surface area contributed by atoms with Gasteiger partial charge >= 0.3 is 0 Å². The molecule has 0 unspecified atom stereocenters. The normalized spacial score (nSPS) is 19.4. The number of ether oxygens (including phenoxy) is 2. The minimum absolute atomic E-state index is 0.00217. The Kier molecular flexibility index (Phi) is 3.75. The lowest BCUT2D eigenvalue weighted by atomic mass is 9.99. The summed E-state index contributed by atoms with van der Waals surface area (Å²) in [5.74, 6) is 0.488. The van der Waals surface area contributed by atoms with E-state index in [0.717, 1.165) is 19.4 Å². The van der Waals surface area contributed by atoms with Crippen molar-refractivity contribution >= 4 is 5.91 Å². The van der Waals surface area contributed by atoms with Gasteiger partial charge in [-0.05, 0) is 11.1 Å². The molecule has 2 aliphatic rings. The van der Waals surface area contributed by atoms with E-state index in [2.05, 4.69) is 22.5 Å². The van der Waals surface area contributed by atoms with Crippen LogP contribution >= 0.6 is 0 Å². The number of hydrogen-bond acceptors (Lipinski definition) is 4. The van der Waals surface area contributed by atoms with Gasteiger partial charge in [0.2, 0.25) is 5.88 Å². The van der Waals surface area contributed by atoms with Crippen LogP contribution in [0.5, 0.6) is 5.88 Å². The highest BCUT2D eigenvalue weighted by Crippen LogP contribution is 2.20. The minimum atomic E-state index is -0.182. The van der Waals surface area contributed by atoms with E-state index in [9.17, 15) is 4.79 Å². The Balaban J connectivity index is 1.36. The number of nitrogens with one attached hydrogen (secondary N) is 1. The molecule has 23 heavy (non-hydrogen) atoms. The molecule has 6 nitrogen and oxygen atoms in total. The van der Waals surface area contributed by atoms with Crippen LogP contribution in [0.25, 0.3) is 0 Å². The third-order valence-electron chi connectivity index (χ3n) is 4.27. The maximum absolute atomic E-state index is 12.3. The molecule has 3 heterocycles. The molecule has 0 radical (unpaired) electrons. The molecule has 1 amide bonds. The maximum Gasteiger partial charge on any atom is 0.272 e. The summed E-state index contributed by atoms with van der Waals surface area (Å²) in [5, 5.41) is 7.20. The van der Waals surface area contributed by atoms with Crippen molar-refractivity contribution in [1.82, 2.24) is 15.1 Å². The van der Waals surface area contributed by atoms with Gasteiger partial charge in [0.1, 0.15) is 0 Å². The van der Waals surface area contributed by atoms with Gasteiger partial charge in [-0.3, -0.25) is 4.79 Å². The van der Waals surface area contributed by atoms with Crippen LogP contribution in [0.15, 0.2) is 30.3 Å². The molecule has 2 aromatic rings. The van der Waals surface area contributed by atoms with Crippen LogP contribution in [0.3, 0.4) is 0 Å². The van der Waals surface area contributed by atoms with Crippen molar-refractivity contribution in [2.24, 2.45) is 0 Å². The molecule has 0 saturated heterocycles. The first-order chi connectivity index (χ1) is 11.3. The Morgan fingerprint density at radius 1 is 1.35 bits per heavy atom. The van der Waals surface area contributed by atoms with Crippen molar-refractivity contribution in [2.45, 2.75) is 32.1 Å². The first kappa shape index (κ1) is 14.3. The molecular formula is C17H19N3O3. The van der Waals surface area contributed by atoms with Gasteiger partial charge in [-0.2, -0.15) is 5.10 Å². The zero-order chi connectivity index (χ0) is 15.6. The van der Waals surface area contributed by atoms with E-state index < -0.39 is 0 Å². The average Bonchev–Trinajstić information content (AvgIpc) is 3.04. The van der Waals surface area contributed by atoms with Crippen LogP contribution in [0.4, 0.5) is 0 Å². The lowest BCUT2D eigenvalue weighted by Gasteiger charge is -2.25. The van der Waals surface area contributed by atoms with E-state index in [1.165, 1.54) is 11.1 Å². The van der Waals surface area contributed by atoms with Gasteiger partial charge in [0.15, 0.2) is 5.69 Å². The third kappa shape index (κ3) is 2.94. The van der Waals surface area contributed by atoms with Crippen LogP contribution in [0.1, 0.15) is 28.0 Å². The first-order valence-corrected chi connectivity index (χ1v) is 7.97. The predicted octanol–water partition coefficient (Wildman–Crippen LogP) is 1.54. The summed E-state index contributed by atoms with van der Waals surface area (Å²) in [6, 6.07) is 9.96. The smallest absolute Gasteiger partial charge is 0.272 e. The fraction of sp³-hybridized carbons (Fsp3) is 0.412. The Bertz CT molecular complexity index is 702. The molecule has 1 N–H and O–H groups in total. The number of fused-ring (bicyclic) bond motifs is 2. The molecule has 0 fully saturated rings. The van der Waals surface area contributed by atoms with Crippen LogP contribution in [0, 0.1) is 0 Å². The second-order valence-corrected chi connectivity index (χ2v) is 5.91. The molecular weight excluding hydrogens is 294 g/mol. The summed E-state index contributed by atoms with van der Waals surface area (Å²) in [6.45, 7) is 2.56. The number of nitrogens with zero attached hydrogens (tertiary/aromatic N) is 2. The molecule has 2 aliphatic heterocycles. The van der Waals surface area contributed by atoms with Gasteiger partial charge in [0.25, 0.3) is 5.91 Å². The summed E-state index contributed by atoms with van der Waals surface area (Å²) in [4.78, 5) is 12.3. The minimum Gasteiger partial charge on any atom is -0.478 e. The van der Waals surface area contributed by atoms with Crippen molar-refractivity contribution in [2.75, 3.05) is 13.2 Å².